The Hall–Kier alpha value is -2.50. The van der Waals surface area contributed by atoms with Crippen molar-refractivity contribution in [2.45, 2.75) is 39.7 Å². The molecule has 0 bridgehead atoms. The van der Waals surface area contributed by atoms with E-state index >= 15 is 0 Å². The number of carbonyl (C=O) groups is 1. The second-order valence-electron chi connectivity index (χ2n) is 6.47. The van der Waals surface area contributed by atoms with E-state index in [2.05, 4.69) is 10.4 Å². The van der Waals surface area contributed by atoms with Crippen molar-refractivity contribution in [2.24, 2.45) is 7.05 Å². The Kier molecular flexibility index (Phi) is 4.97. The lowest BCUT2D eigenvalue weighted by molar-refractivity contribution is -0.121. The van der Waals surface area contributed by atoms with Gasteiger partial charge in [-0.15, -0.1) is 0 Å². The van der Waals surface area contributed by atoms with E-state index in [0.29, 0.717) is 26.1 Å². The highest BCUT2D eigenvalue weighted by Crippen LogP contribution is 2.32. The molecule has 1 atom stereocenters. The van der Waals surface area contributed by atoms with Gasteiger partial charge in [0.25, 0.3) is 0 Å². The SMILES string of the molecule is Cc1nn(C)c(C)c1CCC(=O)N[C@@H](C)c1ccc2c(c1)OCCO2. The molecule has 25 heavy (non-hydrogen) atoms. The maximum Gasteiger partial charge on any atom is 0.220 e. The van der Waals surface area contributed by atoms with E-state index in [-0.39, 0.29) is 11.9 Å². The van der Waals surface area contributed by atoms with Gasteiger partial charge in [-0.1, -0.05) is 6.07 Å². The number of amides is 1. The molecule has 1 aromatic carbocycles. The van der Waals surface area contributed by atoms with E-state index in [1.807, 2.05) is 50.7 Å². The first-order valence-corrected chi connectivity index (χ1v) is 8.63. The summed E-state index contributed by atoms with van der Waals surface area (Å²) >= 11 is 0. The Morgan fingerprint density at radius 3 is 2.68 bits per heavy atom. The van der Waals surface area contributed by atoms with Crippen LogP contribution in [0.3, 0.4) is 0 Å². The number of benzene rings is 1. The van der Waals surface area contributed by atoms with Crippen LogP contribution < -0.4 is 14.8 Å². The highest BCUT2D eigenvalue weighted by Gasteiger charge is 2.17. The Morgan fingerprint density at radius 2 is 2.00 bits per heavy atom. The minimum Gasteiger partial charge on any atom is -0.486 e. The molecule has 0 aliphatic carbocycles. The molecule has 1 aromatic heterocycles. The quantitative estimate of drug-likeness (QED) is 0.906. The number of carbonyl (C=O) groups excluding carboxylic acids is 1. The van der Waals surface area contributed by atoms with Crippen molar-refractivity contribution in [3.05, 3.63) is 40.7 Å². The number of rotatable bonds is 5. The van der Waals surface area contributed by atoms with Crippen molar-refractivity contribution in [1.29, 1.82) is 0 Å². The lowest BCUT2D eigenvalue weighted by Crippen LogP contribution is -2.27. The van der Waals surface area contributed by atoms with E-state index < -0.39 is 0 Å². The molecule has 6 nitrogen and oxygen atoms in total. The number of ether oxygens (including phenoxy) is 2. The predicted molar refractivity (Wildman–Crippen MR) is 95.0 cm³/mol. The number of aryl methyl sites for hydroxylation is 2. The highest BCUT2D eigenvalue weighted by atomic mass is 16.6. The number of nitrogens with zero attached hydrogens (tertiary/aromatic N) is 2. The van der Waals surface area contributed by atoms with Crippen LogP contribution in [0.5, 0.6) is 11.5 Å². The third-order valence-electron chi connectivity index (χ3n) is 4.70. The average Bonchev–Trinajstić information content (AvgIpc) is 2.84. The van der Waals surface area contributed by atoms with E-state index in [0.717, 1.165) is 34.0 Å². The second-order valence-corrected chi connectivity index (χ2v) is 6.47. The van der Waals surface area contributed by atoms with E-state index in [9.17, 15) is 4.79 Å². The number of aromatic nitrogens is 2. The van der Waals surface area contributed by atoms with E-state index in [1.165, 1.54) is 0 Å². The first kappa shape index (κ1) is 17.3. The topological polar surface area (TPSA) is 65.4 Å². The third-order valence-corrected chi connectivity index (χ3v) is 4.70. The highest BCUT2D eigenvalue weighted by molar-refractivity contribution is 5.76. The van der Waals surface area contributed by atoms with Gasteiger partial charge in [0.05, 0.1) is 11.7 Å². The molecule has 2 heterocycles. The van der Waals surface area contributed by atoms with Gasteiger partial charge in [0.1, 0.15) is 13.2 Å². The summed E-state index contributed by atoms with van der Waals surface area (Å²) < 4.78 is 13.0. The van der Waals surface area contributed by atoms with E-state index in [1.54, 1.807) is 0 Å². The number of hydrogen-bond acceptors (Lipinski definition) is 4. The summed E-state index contributed by atoms with van der Waals surface area (Å²) in [5.41, 5.74) is 4.27. The molecule has 1 N–H and O–H groups in total. The molecule has 134 valence electrons. The fourth-order valence-electron chi connectivity index (χ4n) is 3.14. The van der Waals surface area contributed by atoms with Crippen molar-refractivity contribution >= 4 is 5.91 Å². The second kappa shape index (κ2) is 7.17. The average molecular weight is 343 g/mol. The van der Waals surface area contributed by atoms with Crippen LogP contribution in [0.15, 0.2) is 18.2 Å². The molecule has 0 saturated heterocycles. The molecule has 1 aliphatic heterocycles. The first-order chi connectivity index (χ1) is 12.0. The minimum absolute atomic E-state index is 0.0324. The lowest BCUT2D eigenvalue weighted by atomic mass is 10.1. The fraction of sp³-hybridized carbons (Fsp3) is 0.474. The summed E-state index contributed by atoms with van der Waals surface area (Å²) in [6.45, 7) is 7.12. The molecule has 0 spiro atoms. The van der Waals surface area contributed by atoms with Crippen LogP contribution in [0.25, 0.3) is 0 Å². The number of hydrogen-bond donors (Lipinski definition) is 1. The summed E-state index contributed by atoms with van der Waals surface area (Å²) in [5.74, 6) is 1.53. The van der Waals surface area contributed by atoms with Gasteiger partial charge in [0.2, 0.25) is 5.91 Å². The maximum atomic E-state index is 12.3. The molecule has 1 aliphatic rings. The summed E-state index contributed by atoms with van der Waals surface area (Å²) in [6.07, 6.45) is 1.15. The van der Waals surface area contributed by atoms with Gasteiger partial charge >= 0.3 is 0 Å². The monoisotopic (exact) mass is 343 g/mol. The standard InChI is InChI=1S/C19H25N3O3/c1-12(15-5-7-17-18(11-15)25-10-9-24-17)20-19(23)8-6-16-13(2)21-22(4)14(16)3/h5,7,11-12H,6,8-10H2,1-4H3,(H,20,23)/t12-/m0/s1. The van der Waals surface area contributed by atoms with Gasteiger partial charge in [0, 0.05) is 19.2 Å². The van der Waals surface area contributed by atoms with Crippen molar-refractivity contribution in [3.63, 3.8) is 0 Å². The van der Waals surface area contributed by atoms with Crippen molar-refractivity contribution in [2.75, 3.05) is 13.2 Å². The maximum absolute atomic E-state index is 12.3. The Morgan fingerprint density at radius 1 is 1.28 bits per heavy atom. The van der Waals surface area contributed by atoms with Crippen LogP contribution in [0, 0.1) is 13.8 Å². The van der Waals surface area contributed by atoms with Gasteiger partial charge in [-0.3, -0.25) is 9.48 Å². The Balaban J connectivity index is 1.59. The zero-order valence-corrected chi connectivity index (χ0v) is 15.3. The zero-order valence-electron chi connectivity index (χ0n) is 15.3. The Bertz CT molecular complexity index is 782. The zero-order chi connectivity index (χ0) is 18.0. The van der Waals surface area contributed by atoms with Crippen molar-refractivity contribution in [1.82, 2.24) is 15.1 Å². The molecule has 0 radical (unpaired) electrons. The fourth-order valence-corrected chi connectivity index (χ4v) is 3.14. The molecule has 0 saturated carbocycles. The van der Waals surface area contributed by atoms with Gasteiger partial charge in [-0.25, -0.2) is 0 Å². The third kappa shape index (κ3) is 3.78. The van der Waals surface area contributed by atoms with Gasteiger partial charge < -0.3 is 14.8 Å². The molecular formula is C19H25N3O3. The van der Waals surface area contributed by atoms with E-state index in [4.69, 9.17) is 9.47 Å². The van der Waals surface area contributed by atoms with Gasteiger partial charge in [0.15, 0.2) is 11.5 Å². The van der Waals surface area contributed by atoms with Crippen LogP contribution in [0.2, 0.25) is 0 Å². The minimum atomic E-state index is -0.0839. The van der Waals surface area contributed by atoms with Crippen LogP contribution in [-0.2, 0) is 18.3 Å². The molecule has 0 fully saturated rings. The van der Waals surface area contributed by atoms with Crippen molar-refractivity contribution < 1.29 is 14.3 Å². The Labute approximate surface area is 148 Å². The molecule has 0 unspecified atom stereocenters. The van der Waals surface area contributed by atoms with Crippen LogP contribution in [0.1, 0.15) is 41.9 Å². The predicted octanol–water partition coefficient (Wildman–Crippen LogP) is 2.62. The molecular weight excluding hydrogens is 318 g/mol. The largest absolute Gasteiger partial charge is 0.486 e. The molecule has 1 amide bonds. The normalized spacial score (nSPS) is 14.2. The van der Waals surface area contributed by atoms with Crippen LogP contribution in [-0.4, -0.2) is 28.9 Å². The summed E-state index contributed by atoms with van der Waals surface area (Å²) in [5, 5.41) is 7.45. The molecule has 2 aromatic rings. The molecule has 3 rings (SSSR count). The molecule has 6 heteroatoms. The number of nitrogens with one attached hydrogen (secondary N) is 1. The first-order valence-electron chi connectivity index (χ1n) is 8.63. The summed E-state index contributed by atoms with van der Waals surface area (Å²) in [4.78, 5) is 12.3. The number of fused-ring (bicyclic) bond motifs is 1. The smallest absolute Gasteiger partial charge is 0.220 e. The summed E-state index contributed by atoms with van der Waals surface area (Å²) in [6, 6.07) is 5.72. The van der Waals surface area contributed by atoms with Crippen LogP contribution in [0.4, 0.5) is 0 Å². The van der Waals surface area contributed by atoms with Crippen molar-refractivity contribution in [3.8, 4) is 11.5 Å². The lowest BCUT2D eigenvalue weighted by Gasteiger charge is -2.21. The van der Waals surface area contributed by atoms with Gasteiger partial charge in [-0.05, 0) is 50.5 Å². The summed E-state index contributed by atoms with van der Waals surface area (Å²) in [7, 11) is 1.93. The van der Waals surface area contributed by atoms with Gasteiger partial charge in [-0.2, -0.15) is 5.10 Å². The van der Waals surface area contributed by atoms with Crippen LogP contribution >= 0.6 is 0 Å².